The van der Waals surface area contributed by atoms with E-state index >= 15 is 0 Å². The number of hydrogen-bond donors (Lipinski definition) is 2. The molecular formula is C22H23F2N7O2. The van der Waals surface area contributed by atoms with E-state index in [0.29, 0.717) is 55.2 Å². The van der Waals surface area contributed by atoms with E-state index in [0.717, 1.165) is 5.56 Å². The van der Waals surface area contributed by atoms with Crippen molar-refractivity contribution in [2.45, 2.75) is 19.4 Å². The fraction of sp³-hybridized carbons (Fsp3) is 0.364. The standard InChI is InChI=1S/C22H23F2N7O2/c1-12-17-18-15(27-21(12)32)9-13(11-31(18)28-20(17)24)10-29-5-7-30(8-6-29)16-4-3-14(22(33)25-2)26-19(16)23/h3-4,9,11-12H,5-8,10H2,1-2H3,(H,25,33)(H,27,32). The topological polar surface area (TPSA) is 94.9 Å². The molecule has 1 atom stereocenters. The van der Waals surface area contributed by atoms with Gasteiger partial charge in [0.1, 0.15) is 5.69 Å². The lowest BCUT2D eigenvalue weighted by atomic mass is 9.97. The summed E-state index contributed by atoms with van der Waals surface area (Å²) in [4.78, 5) is 31.7. The van der Waals surface area contributed by atoms with E-state index < -0.39 is 23.7 Å². The lowest BCUT2D eigenvalue weighted by Crippen LogP contribution is -2.46. The van der Waals surface area contributed by atoms with Crippen LogP contribution in [0.3, 0.4) is 0 Å². The van der Waals surface area contributed by atoms with Gasteiger partial charge in [-0.15, -0.1) is 5.10 Å². The highest BCUT2D eigenvalue weighted by molar-refractivity contribution is 6.05. The second kappa shape index (κ2) is 8.07. The number of anilines is 2. The van der Waals surface area contributed by atoms with Crippen LogP contribution in [-0.2, 0) is 11.3 Å². The Morgan fingerprint density at radius 2 is 1.97 bits per heavy atom. The quantitative estimate of drug-likeness (QED) is 0.582. The summed E-state index contributed by atoms with van der Waals surface area (Å²) in [5, 5.41) is 9.24. The van der Waals surface area contributed by atoms with Gasteiger partial charge in [-0.25, -0.2) is 9.50 Å². The Bertz CT molecular complexity index is 1270. The summed E-state index contributed by atoms with van der Waals surface area (Å²) in [5.74, 6) is -2.57. The second-order valence-electron chi connectivity index (χ2n) is 8.32. The van der Waals surface area contributed by atoms with Crippen LogP contribution in [0.4, 0.5) is 20.2 Å². The summed E-state index contributed by atoms with van der Waals surface area (Å²) in [7, 11) is 1.47. The number of pyridine rings is 2. The van der Waals surface area contributed by atoms with Crippen molar-refractivity contribution in [1.29, 1.82) is 0 Å². The smallest absolute Gasteiger partial charge is 0.269 e. The van der Waals surface area contributed by atoms with Gasteiger partial charge in [0.05, 0.1) is 22.8 Å². The van der Waals surface area contributed by atoms with Crippen LogP contribution in [0, 0.1) is 11.9 Å². The zero-order valence-electron chi connectivity index (χ0n) is 18.2. The number of piperazine rings is 1. The van der Waals surface area contributed by atoms with Crippen LogP contribution in [0.5, 0.6) is 0 Å². The molecule has 0 aliphatic carbocycles. The monoisotopic (exact) mass is 455 g/mol. The van der Waals surface area contributed by atoms with Crippen molar-refractivity contribution in [3.05, 3.63) is 53.1 Å². The van der Waals surface area contributed by atoms with Crippen LogP contribution < -0.4 is 15.5 Å². The van der Waals surface area contributed by atoms with Crippen molar-refractivity contribution < 1.29 is 18.4 Å². The first-order valence-corrected chi connectivity index (χ1v) is 10.7. The third-order valence-electron chi connectivity index (χ3n) is 6.27. The number of hydrogen-bond acceptors (Lipinski definition) is 6. The van der Waals surface area contributed by atoms with Crippen molar-refractivity contribution in [2.24, 2.45) is 0 Å². The molecule has 172 valence electrons. The number of amides is 2. The number of rotatable bonds is 4. The molecule has 0 bridgehead atoms. The zero-order valence-corrected chi connectivity index (χ0v) is 18.2. The molecule has 2 aliphatic rings. The average molecular weight is 455 g/mol. The Kier molecular flexibility index (Phi) is 5.20. The first-order valence-electron chi connectivity index (χ1n) is 10.7. The fourth-order valence-corrected chi connectivity index (χ4v) is 4.49. The van der Waals surface area contributed by atoms with Gasteiger partial charge < -0.3 is 15.5 Å². The summed E-state index contributed by atoms with van der Waals surface area (Å²) in [6, 6.07) is 4.95. The number of nitrogens with zero attached hydrogens (tertiary/aromatic N) is 5. The third kappa shape index (κ3) is 3.67. The summed E-state index contributed by atoms with van der Waals surface area (Å²) in [5.41, 5.74) is 2.77. The van der Waals surface area contributed by atoms with Gasteiger partial charge in [-0.05, 0) is 30.7 Å². The summed E-state index contributed by atoms with van der Waals surface area (Å²) < 4.78 is 30.4. The van der Waals surface area contributed by atoms with Gasteiger partial charge in [0.15, 0.2) is 0 Å². The van der Waals surface area contributed by atoms with Crippen molar-refractivity contribution in [2.75, 3.05) is 43.4 Å². The summed E-state index contributed by atoms with van der Waals surface area (Å²) in [6.07, 6.45) is 1.78. The molecule has 3 aromatic rings. The van der Waals surface area contributed by atoms with Crippen LogP contribution >= 0.6 is 0 Å². The Morgan fingerprint density at radius 1 is 1.21 bits per heavy atom. The molecular weight excluding hydrogens is 432 g/mol. The lowest BCUT2D eigenvalue weighted by Gasteiger charge is -2.36. The van der Waals surface area contributed by atoms with Crippen LogP contribution in [0.2, 0.25) is 0 Å². The molecule has 1 unspecified atom stereocenters. The minimum atomic E-state index is -0.671. The molecule has 0 aromatic carbocycles. The van der Waals surface area contributed by atoms with Gasteiger partial charge in [-0.3, -0.25) is 14.5 Å². The molecule has 1 fully saturated rings. The molecule has 0 radical (unpaired) electrons. The van der Waals surface area contributed by atoms with E-state index in [9.17, 15) is 18.4 Å². The van der Waals surface area contributed by atoms with Crippen molar-refractivity contribution in [1.82, 2.24) is 24.8 Å². The first-order chi connectivity index (χ1) is 15.9. The average Bonchev–Trinajstić information content (AvgIpc) is 3.14. The van der Waals surface area contributed by atoms with Gasteiger partial charge in [0.25, 0.3) is 5.91 Å². The van der Waals surface area contributed by atoms with Gasteiger partial charge >= 0.3 is 0 Å². The lowest BCUT2D eigenvalue weighted by molar-refractivity contribution is -0.117. The highest BCUT2D eigenvalue weighted by atomic mass is 19.1. The Morgan fingerprint density at radius 3 is 2.67 bits per heavy atom. The third-order valence-corrected chi connectivity index (χ3v) is 6.27. The normalized spacial score (nSPS) is 18.5. The number of carbonyl (C=O) groups excluding carboxylic acids is 2. The SMILES string of the molecule is CNC(=O)c1ccc(N2CCN(Cc3cc4c5c(c(F)nn5c3)C(C)C(=O)N4)CC2)c(F)n1. The fourth-order valence-electron chi connectivity index (χ4n) is 4.49. The number of aromatic nitrogens is 3. The van der Waals surface area contributed by atoms with Crippen LogP contribution in [0.1, 0.15) is 34.5 Å². The number of carbonyl (C=O) groups is 2. The molecule has 0 spiro atoms. The zero-order chi connectivity index (χ0) is 23.3. The molecule has 2 aliphatic heterocycles. The first kappa shape index (κ1) is 21.3. The summed E-state index contributed by atoms with van der Waals surface area (Å²) >= 11 is 0. The van der Waals surface area contributed by atoms with E-state index in [1.54, 1.807) is 19.2 Å². The molecule has 5 rings (SSSR count). The van der Waals surface area contributed by atoms with Crippen molar-refractivity contribution >= 4 is 28.7 Å². The van der Waals surface area contributed by atoms with Crippen LogP contribution in [-0.4, -0.2) is 64.5 Å². The predicted molar refractivity (Wildman–Crippen MR) is 117 cm³/mol. The predicted octanol–water partition coefficient (Wildman–Crippen LogP) is 1.74. The molecule has 2 N–H and O–H groups in total. The highest BCUT2D eigenvalue weighted by Gasteiger charge is 2.31. The van der Waals surface area contributed by atoms with Crippen LogP contribution in [0.15, 0.2) is 24.4 Å². The van der Waals surface area contributed by atoms with Gasteiger partial charge in [-0.1, -0.05) is 0 Å². The summed E-state index contributed by atoms with van der Waals surface area (Å²) in [6.45, 7) is 4.76. The van der Waals surface area contributed by atoms with E-state index in [-0.39, 0.29) is 11.6 Å². The van der Waals surface area contributed by atoms with E-state index in [4.69, 9.17) is 0 Å². The van der Waals surface area contributed by atoms with Crippen molar-refractivity contribution in [3.8, 4) is 0 Å². The van der Waals surface area contributed by atoms with E-state index in [1.807, 2.05) is 11.0 Å². The minimum Gasteiger partial charge on any atom is -0.365 e. The molecule has 33 heavy (non-hydrogen) atoms. The van der Waals surface area contributed by atoms with Gasteiger partial charge in [0, 0.05) is 51.5 Å². The van der Waals surface area contributed by atoms with E-state index in [1.165, 1.54) is 17.6 Å². The molecule has 5 heterocycles. The van der Waals surface area contributed by atoms with Crippen LogP contribution in [0.25, 0.3) is 5.52 Å². The molecule has 0 saturated carbocycles. The van der Waals surface area contributed by atoms with Crippen molar-refractivity contribution in [3.63, 3.8) is 0 Å². The van der Waals surface area contributed by atoms with Gasteiger partial charge in [0.2, 0.25) is 17.8 Å². The Labute approximate surface area is 188 Å². The maximum Gasteiger partial charge on any atom is 0.269 e. The van der Waals surface area contributed by atoms with E-state index in [2.05, 4.69) is 25.6 Å². The Hall–Kier alpha value is -3.60. The minimum absolute atomic E-state index is 0.0384. The van der Waals surface area contributed by atoms with Gasteiger partial charge in [-0.2, -0.15) is 8.78 Å². The number of halogens is 2. The second-order valence-corrected chi connectivity index (χ2v) is 8.32. The molecule has 3 aromatic heterocycles. The molecule has 9 nitrogen and oxygen atoms in total. The maximum atomic E-state index is 14.5. The molecule has 11 heteroatoms. The molecule has 2 amide bonds. The number of nitrogens with one attached hydrogen (secondary N) is 2. The highest BCUT2D eigenvalue weighted by Crippen LogP contribution is 2.35. The largest absolute Gasteiger partial charge is 0.365 e. The Balaban J connectivity index is 1.29. The maximum absolute atomic E-state index is 14.5. The molecule has 1 saturated heterocycles.